The Morgan fingerprint density at radius 1 is 0.980 bits per heavy atom. The van der Waals surface area contributed by atoms with Crippen molar-refractivity contribution in [1.82, 2.24) is 25.3 Å². The Bertz CT molecular complexity index is 1370. The number of likely N-dealkylation sites (N-methyl/N-ethyl adjacent to an activating group) is 1. The number of amides is 5. The second-order valence-corrected chi connectivity index (χ2v) is 14.1. The van der Waals surface area contributed by atoms with Gasteiger partial charge >= 0.3 is 6.09 Å². The van der Waals surface area contributed by atoms with Crippen LogP contribution in [0, 0.1) is 17.7 Å². The molecule has 49 heavy (non-hydrogen) atoms. The number of hydrogen-bond acceptors (Lipinski definition) is 7. The van der Waals surface area contributed by atoms with Crippen LogP contribution < -0.4 is 16.0 Å². The van der Waals surface area contributed by atoms with Gasteiger partial charge in [0.25, 0.3) is 5.91 Å². The Hall–Kier alpha value is -3.81. The fourth-order valence-corrected chi connectivity index (χ4v) is 6.23. The van der Waals surface area contributed by atoms with E-state index in [0.29, 0.717) is 51.1 Å². The van der Waals surface area contributed by atoms with Crippen molar-refractivity contribution in [1.29, 1.82) is 0 Å². The number of alkyl halides is 1. The quantitative estimate of drug-likeness (QED) is 0.307. The monoisotopic (exact) mass is 688 g/mol. The molecule has 2 atom stereocenters. The second-order valence-electron chi connectivity index (χ2n) is 14.1. The van der Waals surface area contributed by atoms with Gasteiger partial charge < -0.3 is 30.5 Å². The number of ether oxygens (including phenoxy) is 1. The first-order chi connectivity index (χ1) is 23.5. The average molecular weight is 689 g/mol. The minimum atomic E-state index is -1.92. The fraction of sp³-hybridized carbons (Fsp3) is 0.686. The average Bonchev–Trinajstić information content (AvgIpc) is 4.03. The van der Waals surface area contributed by atoms with Gasteiger partial charge in [-0.05, 0) is 75.6 Å². The molecule has 6 rings (SSSR count). The first-order valence-electron chi connectivity index (χ1n) is 17.7. The summed E-state index contributed by atoms with van der Waals surface area (Å²) in [6.07, 6.45) is 8.44. The normalized spacial score (nSPS) is 21.9. The highest BCUT2D eigenvalue weighted by Gasteiger charge is 2.50. The van der Waals surface area contributed by atoms with E-state index in [9.17, 15) is 32.8 Å². The van der Waals surface area contributed by atoms with Crippen molar-refractivity contribution in [2.24, 2.45) is 11.8 Å². The number of hydrogen-bond donors (Lipinski definition) is 3. The lowest BCUT2D eigenvalue weighted by molar-refractivity contribution is -0.138. The van der Waals surface area contributed by atoms with Crippen LogP contribution >= 0.6 is 0 Å². The van der Waals surface area contributed by atoms with Gasteiger partial charge in [0.15, 0.2) is 5.67 Å². The largest absolute Gasteiger partial charge is 0.450 e. The molecule has 2 aliphatic heterocycles. The van der Waals surface area contributed by atoms with E-state index < -0.39 is 53.9 Å². The van der Waals surface area contributed by atoms with Crippen LogP contribution in [0.2, 0.25) is 0 Å². The minimum Gasteiger partial charge on any atom is -0.450 e. The highest BCUT2D eigenvalue weighted by Crippen LogP contribution is 2.44. The summed E-state index contributed by atoms with van der Waals surface area (Å²) in [5, 5.41) is 7.34. The summed E-state index contributed by atoms with van der Waals surface area (Å²) in [5.74, 6) is -0.794. The van der Waals surface area contributed by atoms with Crippen LogP contribution in [-0.2, 0) is 30.3 Å². The van der Waals surface area contributed by atoms with Gasteiger partial charge in [0.1, 0.15) is 17.9 Å². The lowest BCUT2D eigenvalue weighted by Crippen LogP contribution is -2.57. The zero-order valence-corrected chi connectivity index (χ0v) is 28.6. The van der Waals surface area contributed by atoms with Gasteiger partial charge in [-0.15, -0.1) is 0 Å². The fourth-order valence-electron chi connectivity index (χ4n) is 6.23. The van der Waals surface area contributed by atoms with Crippen LogP contribution in [0.4, 0.5) is 19.3 Å². The van der Waals surface area contributed by atoms with Gasteiger partial charge in [-0.3, -0.25) is 24.1 Å². The van der Waals surface area contributed by atoms with E-state index >= 15 is 0 Å². The molecule has 12 nitrogen and oxygen atoms in total. The number of halogens is 2. The summed E-state index contributed by atoms with van der Waals surface area (Å²) < 4.78 is 33.8. The molecule has 14 heteroatoms. The second kappa shape index (κ2) is 16.3. The van der Waals surface area contributed by atoms with E-state index in [4.69, 9.17) is 4.74 Å². The molecule has 3 N–H and O–H groups in total. The molecule has 5 aliphatic rings. The Morgan fingerprint density at radius 2 is 1.65 bits per heavy atom. The van der Waals surface area contributed by atoms with Gasteiger partial charge in [0.05, 0.1) is 18.8 Å². The highest BCUT2D eigenvalue weighted by molar-refractivity contribution is 5.97. The summed E-state index contributed by atoms with van der Waals surface area (Å²) in [6.45, 7) is 3.98. The van der Waals surface area contributed by atoms with E-state index in [1.165, 1.54) is 28.9 Å². The topological polar surface area (TPSA) is 140 Å². The minimum absolute atomic E-state index is 0.0250. The number of nitrogens with one attached hydrogen (secondary N) is 3. The summed E-state index contributed by atoms with van der Waals surface area (Å²) in [6, 6.07) is 2.20. The predicted molar refractivity (Wildman–Crippen MR) is 178 cm³/mol. The molecule has 3 saturated carbocycles. The molecular formula is C35H50F2N6O6. The smallest absolute Gasteiger partial charge is 0.410 e. The predicted octanol–water partition coefficient (Wildman–Crippen LogP) is 3.00. The molecule has 2 unspecified atom stereocenters. The van der Waals surface area contributed by atoms with Gasteiger partial charge in [-0.25, -0.2) is 13.6 Å². The Labute approximate surface area is 286 Å². The molecular weight excluding hydrogens is 638 g/mol. The Balaban J connectivity index is 0.000000585. The molecule has 1 aromatic rings. The number of anilines is 1. The zero-order valence-electron chi connectivity index (χ0n) is 28.6. The van der Waals surface area contributed by atoms with Gasteiger partial charge in [-0.2, -0.15) is 0 Å². The molecule has 270 valence electrons. The molecule has 5 amide bonds. The van der Waals surface area contributed by atoms with Crippen LogP contribution in [0.25, 0.3) is 0 Å². The van der Waals surface area contributed by atoms with Crippen LogP contribution in [-0.4, -0.2) is 115 Å². The zero-order chi connectivity index (χ0) is 35.1. The van der Waals surface area contributed by atoms with E-state index in [1.54, 1.807) is 43.9 Å². The molecule has 5 fully saturated rings. The number of carbonyl (C=O) groups excluding carboxylic acids is 5. The molecule has 0 radical (unpaired) electrons. The number of carbonyl (C=O) groups is 5. The van der Waals surface area contributed by atoms with Gasteiger partial charge in [-0.1, -0.05) is 31.7 Å². The SMILES string of the molecule is C1CC1CC1CC1.CCOC(=O)N1CCCC1C(=O)NC(Cc1ccc(NC(=O)CNC(=O)C2(F)CC2)c(F)c1)C(=O)N1CCN(C)CC1. The van der Waals surface area contributed by atoms with Crippen LogP contribution in [0.3, 0.4) is 0 Å². The lowest BCUT2D eigenvalue weighted by Gasteiger charge is -2.35. The molecule has 3 aliphatic carbocycles. The van der Waals surface area contributed by atoms with E-state index in [2.05, 4.69) is 20.9 Å². The van der Waals surface area contributed by atoms with Crippen molar-refractivity contribution in [3.05, 3.63) is 29.6 Å². The maximum Gasteiger partial charge on any atom is 0.410 e. The van der Waals surface area contributed by atoms with Crippen LogP contribution in [0.1, 0.15) is 70.3 Å². The standard InChI is InChI=1S/C28H38F2N6O6.C7H12/c1-3-42-27(41)36-10-4-5-22(36)24(38)33-21(25(39)35-13-11-34(2)12-14-35)16-18-6-7-20(19(29)15-18)32-23(37)17-31-26(40)28(30)8-9-28;1-2-6(1)5-7-3-4-7/h6-7,15,21-22H,3-5,8-14,16-17H2,1-2H3,(H,31,40)(H,32,37)(H,33,38);6-7H,1-5H2. The van der Waals surface area contributed by atoms with Crippen molar-refractivity contribution >= 4 is 35.4 Å². The maximum absolute atomic E-state index is 15.0. The molecule has 2 heterocycles. The lowest BCUT2D eigenvalue weighted by atomic mass is 10.0. The van der Waals surface area contributed by atoms with Crippen molar-refractivity contribution < 1.29 is 37.5 Å². The molecule has 1 aromatic carbocycles. The summed E-state index contributed by atoms with van der Waals surface area (Å²) in [7, 11) is 1.95. The van der Waals surface area contributed by atoms with Crippen molar-refractivity contribution in [3.63, 3.8) is 0 Å². The summed E-state index contributed by atoms with van der Waals surface area (Å²) in [5.41, 5.74) is -1.68. The van der Waals surface area contributed by atoms with Crippen molar-refractivity contribution in [2.45, 2.75) is 88.9 Å². The van der Waals surface area contributed by atoms with Gasteiger partial charge in [0, 0.05) is 39.1 Å². The first kappa shape index (κ1) is 36.5. The third-order valence-electron chi connectivity index (χ3n) is 9.80. The third kappa shape index (κ3) is 10.6. The number of likely N-dealkylation sites (tertiary alicyclic amines) is 1. The van der Waals surface area contributed by atoms with Crippen molar-refractivity contribution in [2.75, 3.05) is 58.2 Å². The summed E-state index contributed by atoms with van der Waals surface area (Å²) in [4.78, 5) is 68.2. The maximum atomic E-state index is 15.0. The van der Waals surface area contributed by atoms with Crippen molar-refractivity contribution in [3.8, 4) is 0 Å². The van der Waals surface area contributed by atoms with Crippen LogP contribution in [0.5, 0.6) is 0 Å². The van der Waals surface area contributed by atoms with Crippen LogP contribution in [0.15, 0.2) is 18.2 Å². The van der Waals surface area contributed by atoms with Gasteiger partial charge in [0.2, 0.25) is 17.7 Å². The molecule has 0 bridgehead atoms. The van der Waals surface area contributed by atoms with E-state index in [0.717, 1.165) is 6.07 Å². The Morgan fingerprint density at radius 3 is 2.24 bits per heavy atom. The molecule has 0 aromatic heterocycles. The Kier molecular flexibility index (Phi) is 12.1. The number of nitrogens with zero attached hydrogens (tertiary/aromatic N) is 3. The van der Waals surface area contributed by atoms with E-state index in [1.807, 2.05) is 7.05 Å². The summed E-state index contributed by atoms with van der Waals surface area (Å²) >= 11 is 0. The molecule has 0 spiro atoms. The molecule has 2 saturated heterocycles. The number of benzene rings is 1. The third-order valence-corrected chi connectivity index (χ3v) is 9.80. The number of rotatable bonds is 12. The number of piperazine rings is 1. The first-order valence-corrected chi connectivity index (χ1v) is 17.7. The van der Waals surface area contributed by atoms with E-state index in [-0.39, 0.29) is 37.5 Å². The highest BCUT2D eigenvalue weighted by atomic mass is 19.1.